The summed E-state index contributed by atoms with van der Waals surface area (Å²) < 4.78 is 10.7. The Bertz CT molecular complexity index is 822. The molecule has 2 N–H and O–H groups in total. The van der Waals surface area contributed by atoms with Crippen molar-refractivity contribution in [2.24, 2.45) is 4.99 Å². The number of methoxy groups -OCH3 is 2. The van der Waals surface area contributed by atoms with Crippen LogP contribution < -0.4 is 20.1 Å². The summed E-state index contributed by atoms with van der Waals surface area (Å²) >= 11 is 0. The lowest BCUT2D eigenvalue weighted by atomic mass is 10.00. The van der Waals surface area contributed by atoms with Crippen molar-refractivity contribution in [2.75, 3.05) is 40.9 Å². The van der Waals surface area contributed by atoms with E-state index in [2.05, 4.69) is 44.8 Å². The maximum Gasteiger partial charge on any atom is 0.191 e. The molecule has 0 bridgehead atoms. The highest BCUT2D eigenvalue weighted by molar-refractivity contribution is 5.79. The molecule has 6 nitrogen and oxygen atoms in total. The average molecular weight is 397 g/mol. The van der Waals surface area contributed by atoms with Crippen molar-refractivity contribution in [3.8, 4) is 11.5 Å². The van der Waals surface area contributed by atoms with Gasteiger partial charge in [0, 0.05) is 39.8 Å². The molecule has 1 heterocycles. The summed E-state index contributed by atoms with van der Waals surface area (Å²) in [5, 5.41) is 6.76. The van der Waals surface area contributed by atoms with Crippen LogP contribution in [0.15, 0.2) is 47.5 Å². The van der Waals surface area contributed by atoms with Crippen LogP contribution in [0.1, 0.15) is 23.1 Å². The predicted octanol–water partition coefficient (Wildman–Crippen LogP) is 2.82. The van der Waals surface area contributed by atoms with E-state index in [4.69, 9.17) is 9.47 Å². The standard InChI is InChI=1S/C23H32N4O2/c1-24-23(26-16-18-9-10-21(28-2)22(15-18)29-3)25-12-6-13-27-14-11-19-7-4-5-8-20(19)17-27/h4-5,7-10,15H,6,11-14,16-17H2,1-3H3,(H2,24,25,26). The van der Waals surface area contributed by atoms with Gasteiger partial charge in [0.15, 0.2) is 17.5 Å². The largest absolute Gasteiger partial charge is 0.493 e. The molecular weight excluding hydrogens is 364 g/mol. The third-order valence-corrected chi connectivity index (χ3v) is 5.28. The van der Waals surface area contributed by atoms with Gasteiger partial charge in [0.05, 0.1) is 14.2 Å². The number of nitrogens with one attached hydrogen (secondary N) is 2. The van der Waals surface area contributed by atoms with Crippen LogP contribution in [0.3, 0.4) is 0 Å². The molecule has 0 fully saturated rings. The molecule has 1 aliphatic heterocycles. The van der Waals surface area contributed by atoms with Crippen LogP contribution in [0, 0.1) is 0 Å². The molecule has 0 saturated carbocycles. The van der Waals surface area contributed by atoms with Crippen molar-refractivity contribution in [1.82, 2.24) is 15.5 Å². The number of aliphatic imine (C=N–C) groups is 1. The Morgan fingerprint density at radius 3 is 2.59 bits per heavy atom. The number of hydrogen-bond donors (Lipinski definition) is 2. The molecule has 0 atom stereocenters. The van der Waals surface area contributed by atoms with E-state index in [1.807, 2.05) is 18.2 Å². The number of fused-ring (bicyclic) bond motifs is 1. The topological polar surface area (TPSA) is 58.1 Å². The summed E-state index contributed by atoms with van der Waals surface area (Å²) in [6, 6.07) is 14.7. The van der Waals surface area contributed by atoms with Crippen LogP contribution in [0.5, 0.6) is 11.5 Å². The zero-order valence-corrected chi connectivity index (χ0v) is 17.7. The number of guanidine groups is 1. The van der Waals surface area contributed by atoms with E-state index < -0.39 is 0 Å². The van der Waals surface area contributed by atoms with Gasteiger partial charge in [-0.3, -0.25) is 9.89 Å². The van der Waals surface area contributed by atoms with Crippen molar-refractivity contribution in [3.05, 3.63) is 59.2 Å². The first-order valence-corrected chi connectivity index (χ1v) is 10.2. The molecule has 6 heteroatoms. The Kier molecular flexibility index (Phi) is 7.76. The van der Waals surface area contributed by atoms with Crippen molar-refractivity contribution < 1.29 is 9.47 Å². The fourth-order valence-corrected chi connectivity index (χ4v) is 3.65. The smallest absolute Gasteiger partial charge is 0.191 e. The molecule has 156 valence electrons. The molecule has 29 heavy (non-hydrogen) atoms. The molecule has 3 rings (SSSR count). The van der Waals surface area contributed by atoms with Gasteiger partial charge >= 0.3 is 0 Å². The number of rotatable bonds is 8. The Labute approximate surface area is 173 Å². The minimum absolute atomic E-state index is 0.670. The second-order valence-electron chi connectivity index (χ2n) is 7.19. The zero-order valence-electron chi connectivity index (χ0n) is 17.7. The molecule has 0 aromatic heterocycles. The van der Waals surface area contributed by atoms with Crippen molar-refractivity contribution >= 4 is 5.96 Å². The van der Waals surface area contributed by atoms with Gasteiger partial charge in [-0.05, 0) is 41.7 Å². The summed E-state index contributed by atoms with van der Waals surface area (Å²) in [6.45, 7) is 4.85. The van der Waals surface area contributed by atoms with Crippen LogP contribution >= 0.6 is 0 Å². The highest BCUT2D eigenvalue weighted by Crippen LogP contribution is 2.27. The summed E-state index contributed by atoms with van der Waals surface area (Å²) in [4.78, 5) is 6.85. The van der Waals surface area contributed by atoms with Gasteiger partial charge in [0.2, 0.25) is 0 Å². The van der Waals surface area contributed by atoms with Crippen LogP contribution in [0.2, 0.25) is 0 Å². The maximum absolute atomic E-state index is 5.37. The second-order valence-corrected chi connectivity index (χ2v) is 7.19. The summed E-state index contributed by atoms with van der Waals surface area (Å²) in [6.07, 6.45) is 2.23. The molecule has 0 saturated heterocycles. The van der Waals surface area contributed by atoms with Crippen LogP contribution in [0.4, 0.5) is 0 Å². The van der Waals surface area contributed by atoms with Gasteiger partial charge in [-0.15, -0.1) is 0 Å². The second kappa shape index (κ2) is 10.7. The highest BCUT2D eigenvalue weighted by Gasteiger charge is 2.14. The Morgan fingerprint density at radius 1 is 1.03 bits per heavy atom. The van der Waals surface area contributed by atoms with Crippen molar-refractivity contribution in [2.45, 2.75) is 25.9 Å². The van der Waals surface area contributed by atoms with E-state index in [1.165, 1.54) is 11.1 Å². The van der Waals surface area contributed by atoms with Crippen molar-refractivity contribution in [1.29, 1.82) is 0 Å². The van der Waals surface area contributed by atoms with Gasteiger partial charge in [-0.1, -0.05) is 30.3 Å². The van der Waals surface area contributed by atoms with Gasteiger partial charge in [0.1, 0.15) is 0 Å². The Hall–Kier alpha value is -2.73. The monoisotopic (exact) mass is 396 g/mol. The third-order valence-electron chi connectivity index (χ3n) is 5.28. The first kappa shape index (κ1) is 21.0. The molecular formula is C23H32N4O2. The van der Waals surface area contributed by atoms with Gasteiger partial charge in [0.25, 0.3) is 0 Å². The van der Waals surface area contributed by atoms with E-state index in [-0.39, 0.29) is 0 Å². The van der Waals surface area contributed by atoms with Crippen LogP contribution in [-0.2, 0) is 19.5 Å². The number of hydrogen-bond acceptors (Lipinski definition) is 4. The maximum atomic E-state index is 5.37. The quantitative estimate of drug-likeness (QED) is 0.408. The molecule has 0 radical (unpaired) electrons. The Morgan fingerprint density at radius 2 is 1.83 bits per heavy atom. The molecule has 0 spiro atoms. The minimum Gasteiger partial charge on any atom is -0.493 e. The van der Waals surface area contributed by atoms with Gasteiger partial charge in [-0.25, -0.2) is 0 Å². The van der Waals surface area contributed by atoms with Gasteiger partial charge < -0.3 is 20.1 Å². The van der Waals surface area contributed by atoms with E-state index >= 15 is 0 Å². The fourth-order valence-electron chi connectivity index (χ4n) is 3.65. The summed E-state index contributed by atoms with van der Waals surface area (Å²) in [7, 11) is 5.09. The van der Waals surface area contributed by atoms with E-state index in [1.54, 1.807) is 21.3 Å². The zero-order chi connectivity index (χ0) is 20.5. The molecule has 0 amide bonds. The first-order chi connectivity index (χ1) is 14.2. The Balaban J connectivity index is 1.39. The molecule has 2 aromatic rings. The van der Waals surface area contributed by atoms with E-state index in [9.17, 15) is 0 Å². The number of nitrogens with zero attached hydrogens (tertiary/aromatic N) is 2. The minimum atomic E-state index is 0.670. The fraction of sp³-hybridized carbons (Fsp3) is 0.435. The molecule has 1 aliphatic rings. The SMILES string of the molecule is CN=C(NCCCN1CCc2ccccc2C1)NCc1ccc(OC)c(OC)c1. The number of ether oxygens (including phenoxy) is 2. The molecule has 0 aliphatic carbocycles. The van der Waals surface area contributed by atoms with E-state index in [0.29, 0.717) is 6.54 Å². The molecule has 2 aromatic carbocycles. The normalized spacial score (nSPS) is 14.2. The average Bonchev–Trinajstić information content (AvgIpc) is 2.78. The van der Waals surface area contributed by atoms with Crippen LogP contribution in [0.25, 0.3) is 0 Å². The summed E-state index contributed by atoms with van der Waals surface area (Å²) in [5.74, 6) is 2.28. The van der Waals surface area contributed by atoms with E-state index in [0.717, 1.165) is 62.0 Å². The number of benzene rings is 2. The summed E-state index contributed by atoms with van der Waals surface area (Å²) in [5.41, 5.74) is 4.08. The first-order valence-electron chi connectivity index (χ1n) is 10.2. The lowest BCUT2D eigenvalue weighted by Crippen LogP contribution is -2.39. The third kappa shape index (κ3) is 5.87. The van der Waals surface area contributed by atoms with Crippen LogP contribution in [-0.4, -0.2) is 51.8 Å². The highest BCUT2D eigenvalue weighted by atomic mass is 16.5. The van der Waals surface area contributed by atoms with Gasteiger partial charge in [-0.2, -0.15) is 0 Å². The van der Waals surface area contributed by atoms with Crippen molar-refractivity contribution in [3.63, 3.8) is 0 Å². The molecule has 0 unspecified atom stereocenters. The predicted molar refractivity (Wildman–Crippen MR) is 118 cm³/mol. The lowest BCUT2D eigenvalue weighted by molar-refractivity contribution is 0.251. The lowest BCUT2D eigenvalue weighted by Gasteiger charge is -2.28.